The van der Waals surface area contributed by atoms with Gasteiger partial charge in [-0.05, 0) is 6.08 Å². The number of carbonyl (C=O) groups excluding carboxylic acids is 1. The highest BCUT2D eigenvalue weighted by molar-refractivity contribution is 5.83. The van der Waals surface area contributed by atoms with Crippen LogP contribution >= 0.6 is 0 Å². The van der Waals surface area contributed by atoms with E-state index in [2.05, 4.69) is 6.58 Å². The molecule has 0 saturated carbocycles. The first-order chi connectivity index (χ1) is 5.31. The van der Waals surface area contributed by atoms with E-state index in [0.29, 0.717) is 13.0 Å². The fourth-order valence-electron chi connectivity index (χ4n) is 1.32. The molecule has 0 spiro atoms. The molecule has 1 atom stereocenters. The summed E-state index contributed by atoms with van der Waals surface area (Å²) < 4.78 is 5.37. The van der Waals surface area contributed by atoms with E-state index >= 15 is 0 Å². The standard InChI is InChI=1S/C8H9NO2/c1-2-3-6-5-9-7(10)4-8(9)11-6/h2-3,8H,1,4-5H2. The monoisotopic (exact) mass is 151 g/mol. The molecular weight excluding hydrogens is 142 g/mol. The molecule has 2 fully saturated rings. The quantitative estimate of drug-likeness (QED) is 0.515. The first kappa shape index (κ1) is 6.46. The molecule has 2 aliphatic heterocycles. The third-order valence-corrected chi connectivity index (χ3v) is 1.93. The van der Waals surface area contributed by atoms with Crippen LogP contribution in [-0.4, -0.2) is 23.6 Å². The Morgan fingerprint density at radius 3 is 3.09 bits per heavy atom. The second-order valence-electron chi connectivity index (χ2n) is 2.67. The summed E-state index contributed by atoms with van der Waals surface area (Å²) in [5.41, 5.74) is 0. The molecule has 0 radical (unpaired) electrons. The topological polar surface area (TPSA) is 29.5 Å². The van der Waals surface area contributed by atoms with Crippen molar-refractivity contribution in [3.05, 3.63) is 24.5 Å². The minimum atomic E-state index is 0.0219. The Morgan fingerprint density at radius 1 is 1.73 bits per heavy atom. The van der Waals surface area contributed by atoms with Gasteiger partial charge in [0.05, 0.1) is 13.0 Å². The highest BCUT2D eigenvalue weighted by Crippen LogP contribution is 2.30. The van der Waals surface area contributed by atoms with E-state index in [9.17, 15) is 4.79 Å². The van der Waals surface area contributed by atoms with Gasteiger partial charge in [-0.25, -0.2) is 0 Å². The Hall–Kier alpha value is -1.25. The van der Waals surface area contributed by atoms with Crippen molar-refractivity contribution >= 4 is 5.91 Å². The predicted molar refractivity (Wildman–Crippen MR) is 39.5 cm³/mol. The van der Waals surface area contributed by atoms with Crippen LogP contribution in [0, 0.1) is 0 Å². The van der Waals surface area contributed by atoms with E-state index in [4.69, 9.17) is 4.74 Å². The van der Waals surface area contributed by atoms with Gasteiger partial charge >= 0.3 is 0 Å². The zero-order valence-electron chi connectivity index (χ0n) is 6.12. The maximum absolute atomic E-state index is 10.9. The molecule has 0 N–H and O–H groups in total. The summed E-state index contributed by atoms with van der Waals surface area (Å²) in [5.74, 6) is 1.03. The van der Waals surface area contributed by atoms with E-state index < -0.39 is 0 Å². The largest absolute Gasteiger partial charge is 0.472 e. The van der Waals surface area contributed by atoms with Gasteiger partial charge in [0.15, 0.2) is 6.23 Å². The van der Waals surface area contributed by atoms with Gasteiger partial charge in [0.1, 0.15) is 5.76 Å². The Bertz CT molecular complexity index is 244. The smallest absolute Gasteiger partial charge is 0.231 e. The van der Waals surface area contributed by atoms with Crippen LogP contribution in [0.15, 0.2) is 24.5 Å². The average Bonchev–Trinajstić information content (AvgIpc) is 2.29. The molecule has 11 heavy (non-hydrogen) atoms. The molecular formula is C8H9NO2. The fraction of sp³-hybridized carbons (Fsp3) is 0.375. The van der Waals surface area contributed by atoms with Gasteiger partial charge in [-0.1, -0.05) is 12.7 Å². The second kappa shape index (κ2) is 2.12. The van der Waals surface area contributed by atoms with Crippen molar-refractivity contribution in [1.82, 2.24) is 4.90 Å². The van der Waals surface area contributed by atoms with Crippen LogP contribution in [0.5, 0.6) is 0 Å². The summed E-state index contributed by atoms with van der Waals surface area (Å²) >= 11 is 0. The number of β-lactam (4-membered cyclic amide) rings is 1. The summed E-state index contributed by atoms with van der Waals surface area (Å²) in [4.78, 5) is 12.6. The van der Waals surface area contributed by atoms with Crippen LogP contribution in [-0.2, 0) is 9.53 Å². The molecule has 3 nitrogen and oxygen atoms in total. The minimum Gasteiger partial charge on any atom is -0.472 e. The van der Waals surface area contributed by atoms with Gasteiger partial charge in [0.25, 0.3) is 0 Å². The second-order valence-corrected chi connectivity index (χ2v) is 2.67. The Morgan fingerprint density at radius 2 is 2.55 bits per heavy atom. The van der Waals surface area contributed by atoms with Gasteiger partial charge in [-0.3, -0.25) is 9.69 Å². The molecule has 2 saturated heterocycles. The molecule has 2 rings (SSSR count). The lowest BCUT2D eigenvalue weighted by molar-refractivity contribution is -0.154. The van der Waals surface area contributed by atoms with Crippen LogP contribution in [0.1, 0.15) is 6.42 Å². The van der Waals surface area contributed by atoms with E-state index in [1.54, 1.807) is 17.1 Å². The van der Waals surface area contributed by atoms with Crippen LogP contribution in [0.4, 0.5) is 0 Å². The first-order valence-electron chi connectivity index (χ1n) is 3.59. The van der Waals surface area contributed by atoms with E-state index in [1.165, 1.54) is 0 Å². The molecule has 0 aromatic carbocycles. The molecule has 3 heteroatoms. The summed E-state index contributed by atoms with van der Waals surface area (Å²) in [6.07, 6.45) is 4.03. The van der Waals surface area contributed by atoms with Crippen LogP contribution in [0.2, 0.25) is 0 Å². The van der Waals surface area contributed by atoms with Crippen molar-refractivity contribution in [2.45, 2.75) is 12.6 Å². The molecule has 0 bridgehead atoms. The van der Waals surface area contributed by atoms with Crippen molar-refractivity contribution < 1.29 is 9.53 Å². The molecule has 2 heterocycles. The first-order valence-corrected chi connectivity index (χ1v) is 3.59. The number of hydrogen-bond donors (Lipinski definition) is 0. The summed E-state index contributed by atoms with van der Waals surface area (Å²) in [6, 6.07) is 0. The molecule has 1 unspecified atom stereocenters. The minimum absolute atomic E-state index is 0.0219. The maximum atomic E-state index is 10.9. The van der Waals surface area contributed by atoms with Gasteiger partial charge in [0.2, 0.25) is 5.91 Å². The van der Waals surface area contributed by atoms with Crippen molar-refractivity contribution in [1.29, 1.82) is 0 Å². The number of nitrogens with zero attached hydrogens (tertiary/aromatic N) is 1. The van der Waals surface area contributed by atoms with Crippen molar-refractivity contribution in [3.8, 4) is 0 Å². The van der Waals surface area contributed by atoms with Crippen LogP contribution < -0.4 is 0 Å². The third kappa shape index (κ3) is 0.843. The Kier molecular flexibility index (Phi) is 1.24. The molecule has 58 valence electrons. The highest BCUT2D eigenvalue weighted by atomic mass is 16.5. The predicted octanol–water partition coefficient (Wildman–Crippen LogP) is 0.645. The van der Waals surface area contributed by atoms with Gasteiger partial charge in [0, 0.05) is 0 Å². The highest BCUT2D eigenvalue weighted by Gasteiger charge is 2.43. The van der Waals surface area contributed by atoms with Gasteiger partial charge < -0.3 is 4.74 Å². The molecule has 0 aliphatic carbocycles. The van der Waals surface area contributed by atoms with Gasteiger partial charge in [-0.15, -0.1) is 0 Å². The zero-order valence-corrected chi connectivity index (χ0v) is 6.12. The fourth-order valence-corrected chi connectivity index (χ4v) is 1.32. The number of ether oxygens (including phenoxy) is 1. The van der Waals surface area contributed by atoms with E-state index in [1.807, 2.05) is 0 Å². The summed E-state index contributed by atoms with van der Waals surface area (Å²) in [5, 5.41) is 0. The maximum Gasteiger partial charge on any atom is 0.231 e. The normalized spacial score (nSPS) is 31.3. The van der Waals surface area contributed by atoms with Gasteiger partial charge in [-0.2, -0.15) is 0 Å². The number of fused-ring (bicyclic) bond motifs is 1. The molecule has 0 aromatic rings. The number of allylic oxidation sites excluding steroid dienone is 2. The van der Waals surface area contributed by atoms with Crippen LogP contribution in [0.25, 0.3) is 0 Å². The Balaban J connectivity index is 2.09. The number of carbonyl (C=O) groups is 1. The molecule has 1 amide bonds. The number of hydrogen-bond acceptors (Lipinski definition) is 2. The third-order valence-electron chi connectivity index (χ3n) is 1.93. The molecule has 0 aromatic heterocycles. The Labute approximate surface area is 64.9 Å². The lowest BCUT2D eigenvalue weighted by atomic mass is 10.2. The van der Waals surface area contributed by atoms with Crippen molar-refractivity contribution in [2.75, 3.05) is 6.54 Å². The van der Waals surface area contributed by atoms with E-state index in [0.717, 1.165) is 5.76 Å². The summed E-state index contributed by atoms with van der Waals surface area (Å²) in [7, 11) is 0. The van der Waals surface area contributed by atoms with Crippen molar-refractivity contribution in [3.63, 3.8) is 0 Å². The average molecular weight is 151 g/mol. The van der Waals surface area contributed by atoms with Crippen molar-refractivity contribution in [2.24, 2.45) is 0 Å². The van der Waals surface area contributed by atoms with E-state index in [-0.39, 0.29) is 12.1 Å². The lowest BCUT2D eigenvalue weighted by Gasteiger charge is -2.30. The number of amides is 1. The lowest BCUT2D eigenvalue weighted by Crippen LogP contribution is -2.48. The van der Waals surface area contributed by atoms with Crippen LogP contribution in [0.3, 0.4) is 0 Å². The SMILES string of the molecule is C=CC=C1CN2C(=O)CC2O1. The zero-order chi connectivity index (χ0) is 7.84. The molecule has 2 aliphatic rings. The summed E-state index contributed by atoms with van der Waals surface area (Å²) in [6.45, 7) is 4.17. The number of rotatable bonds is 1.